The van der Waals surface area contributed by atoms with E-state index in [2.05, 4.69) is 31.3 Å². The molecule has 0 aliphatic heterocycles. The van der Waals surface area contributed by atoms with Crippen molar-refractivity contribution in [2.24, 2.45) is 0 Å². The summed E-state index contributed by atoms with van der Waals surface area (Å²) in [5.41, 5.74) is 4.00. The number of benzene rings is 3. The molecule has 0 spiro atoms. The SMILES string of the molecule is Cc1ccc(NS(=O)(=O)c2ccc(NC(=S)NC(=O)COc3ccc(C)cc3Br)cc2)c(C)c1. The summed E-state index contributed by atoms with van der Waals surface area (Å²) in [7, 11) is -3.75. The molecule has 0 aliphatic rings. The quantitative estimate of drug-likeness (QED) is 0.348. The Kier molecular flexibility index (Phi) is 8.29. The molecule has 3 N–H and O–H groups in total. The second kappa shape index (κ2) is 11.0. The number of carbonyl (C=O) groups is 1. The van der Waals surface area contributed by atoms with E-state index in [1.807, 2.05) is 45.0 Å². The van der Waals surface area contributed by atoms with Crippen molar-refractivity contribution < 1.29 is 17.9 Å². The van der Waals surface area contributed by atoms with Crippen molar-refractivity contribution in [1.29, 1.82) is 0 Å². The van der Waals surface area contributed by atoms with Crippen LogP contribution in [0, 0.1) is 20.8 Å². The standard InChI is InChI=1S/C24H24BrN3O4S2/c1-15-4-10-21(17(3)12-15)28-34(30,31)19-8-6-18(7-9-19)26-24(33)27-23(29)14-32-22-11-5-16(2)13-20(22)25/h4-13,28H,14H2,1-3H3,(H2,26,27,29,33). The average Bonchev–Trinajstić information content (AvgIpc) is 2.75. The molecule has 3 aromatic rings. The van der Waals surface area contributed by atoms with Gasteiger partial charge in [0.1, 0.15) is 5.75 Å². The van der Waals surface area contributed by atoms with Gasteiger partial charge in [-0.15, -0.1) is 0 Å². The molecular weight excluding hydrogens is 538 g/mol. The summed E-state index contributed by atoms with van der Waals surface area (Å²) in [4.78, 5) is 12.2. The first-order chi connectivity index (χ1) is 16.0. The van der Waals surface area contributed by atoms with Gasteiger partial charge < -0.3 is 10.1 Å². The molecule has 0 heterocycles. The number of sulfonamides is 1. The lowest BCUT2D eigenvalue weighted by molar-refractivity contribution is -0.121. The summed E-state index contributed by atoms with van der Waals surface area (Å²) < 4.78 is 34.3. The molecule has 1 amide bonds. The number of anilines is 2. The number of hydrogen-bond acceptors (Lipinski definition) is 5. The Balaban J connectivity index is 1.55. The molecule has 178 valence electrons. The third-order valence-electron chi connectivity index (χ3n) is 4.75. The van der Waals surface area contributed by atoms with Gasteiger partial charge in [-0.05, 0) is 103 Å². The van der Waals surface area contributed by atoms with Gasteiger partial charge in [-0.25, -0.2) is 8.42 Å². The van der Waals surface area contributed by atoms with Crippen molar-refractivity contribution in [2.45, 2.75) is 25.7 Å². The Morgan fingerprint density at radius 3 is 2.26 bits per heavy atom. The third kappa shape index (κ3) is 7.02. The van der Waals surface area contributed by atoms with Crippen LogP contribution in [-0.4, -0.2) is 26.0 Å². The first kappa shape index (κ1) is 25.7. The number of halogens is 1. The van der Waals surface area contributed by atoms with Crippen LogP contribution >= 0.6 is 28.1 Å². The number of rotatable bonds is 7. The van der Waals surface area contributed by atoms with E-state index in [1.54, 1.807) is 24.3 Å². The number of amides is 1. The summed E-state index contributed by atoms with van der Waals surface area (Å²) in [6, 6.07) is 17.1. The summed E-state index contributed by atoms with van der Waals surface area (Å²) in [5.74, 6) is 0.118. The summed E-state index contributed by atoms with van der Waals surface area (Å²) in [5, 5.41) is 5.45. The number of nitrogens with one attached hydrogen (secondary N) is 3. The Labute approximate surface area is 213 Å². The Hall–Kier alpha value is -2.95. The normalized spacial score (nSPS) is 10.9. The minimum Gasteiger partial charge on any atom is -0.483 e. The minimum atomic E-state index is -3.75. The molecule has 0 unspecified atom stereocenters. The molecule has 0 bridgehead atoms. The first-order valence-electron chi connectivity index (χ1n) is 10.2. The summed E-state index contributed by atoms with van der Waals surface area (Å²) in [6.07, 6.45) is 0. The van der Waals surface area contributed by atoms with Crippen molar-refractivity contribution in [3.05, 3.63) is 81.8 Å². The number of aryl methyl sites for hydroxylation is 3. The van der Waals surface area contributed by atoms with E-state index in [1.165, 1.54) is 12.1 Å². The van der Waals surface area contributed by atoms with Crippen molar-refractivity contribution in [1.82, 2.24) is 5.32 Å². The van der Waals surface area contributed by atoms with E-state index in [9.17, 15) is 13.2 Å². The van der Waals surface area contributed by atoms with Crippen molar-refractivity contribution >= 4 is 60.6 Å². The second-order valence-corrected chi connectivity index (χ2v) is 10.6. The van der Waals surface area contributed by atoms with Gasteiger partial charge in [-0.2, -0.15) is 0 Å². The van der Waals surface area contributed by atoms with Crippen molar-refractivity contribution in [3.8, 4) is 5.75 Å². The predicted octanol–water partition coefficient (Wildman–Crippen LogP) is 5.07. The lowest BCUT2D eigenvalue weighted by atomic mass is 10.1. The Bertz CT molecular complexity index is 1330. The fourth-order valence-corrected chi connectivity index (χ4v) is 5.01. The van der Waals surface area contributed by atoms with Gasteiger partial charge in [0.2, 0.25) is 0 Å². The summed E-state index contributed by atoms with van der Waals surface area (Å²) >= 11 is 8.56. The van der Waals surface area contributed by atoms with Gasteiger partial charge in [-0.3, -0.25) is 14.8 Å². The maximum atomic E-state index is 12.7. The maximum Gasteiger partial charge on any atom is 0.264 e. The van der Waals surface area contributed by atoms with Crippen LogP contribution in [0.15, 0.2) is 70.0 Å². The van der Waals surface area contributed by atoms with Gasteiger partial charge in [0.05, 0.1) is 15.1 Å². The fourth-order valence-electron chi connectivity index (χ4n) is 3.04. The van der Waals surface area contributed by atoms with Crippen LogP contribution in [-0.2, 0) is 14.8 Å². The number of thiocarbonyl (C=S) groups is 1. The molecule has 7 nitrogen and oxygen atoms in total. The zero-order chi connectivity index (χ0) is 24.9. The number of carbonyl (C=O) groups excluding carboxylic acids is 1. The smallest absolute Gasteiger partial charge is 0.264 e. The van der Waals surface area contributed by atoms with E-state index >= 15 is 0 Å². The highest BCUT2D eigenvalue weighted by Gasteiger charge is 2.15. The predicted molar refractivity (Wildman–Crippen MR) is 142 cm³/mol. The highest BCUT2D eigenvalue weighted by Crippen LogP contribution is 2.25. The molecule has 0 aliphatic carbocycles. The Morgan fingerprint density at radius 1 is 0.971 bits per heavy atom. The number of hydrogen-bond donors (Lipinski definition) is 3. The molecule has 3 aromatic carbocycles. The van der Waals surface area contributed by atoms with Crippen LogP contribution in [0.5, 0.6) is 5.75 Å². The number of ether oxygens (including phenoxy) is 1. The van der Waals surface area contributed by atoms with Gasteiger partial charge >= 0.3 is 0 Å². The summed E-state index contributed by atoms with van der Waals surface area (Å²) in [6.45, 7) is 5.53. The minimum absolute atomic E-state index is 0.0700. The fraction of sp³-hybridized carbons (Fsp3) is 0.167. The van der Waals surface area contributed by atoms with Crippen LogP contribution in [0.1, 0.15) is 16.7 Å². The van der Waals surface area contributed by atoms with Crippen molar-refractivity contribution in [3.63, 3.8) is 0 Å². The van der Waals surface area contributed by atoms with Crippen LogP contribution < -0.4 is 20.1 Å². The van der Waals surface area contributed by atoms with E-state index in [0.29, 0.717) is 17.1 Å². The lowest BCUT2D eigenvalue weighted by Crippen LogP contribution is -2.37. The molecule has 0 saturated heterocycles. The topological polar surface area (TPSA) is 96.5 Å². The average molecular weight is 563 g/mol. The molecular formula is C24H24BrN3O4S2. The molecule has 0 aromatic heterocycles. The van der Waals surface area contributed by atoms with Gasteiger partial charge in [0.25, 0.3) is 15.9 Å². The van der Waals surface area contributed by atoms with E-state index in [4.69, 9.17) is 17.0 Å². The van der Waals surface area contributed by atoms with E-state index in [0.717, 1.165) is 21.2 Å². The maximum absolute atomic E-state index is 12.7. The van der Waals surface area contributed by atoms with Crippen LogP contribution in [0.2, 0.25) is 0 Å². The zero-order valence-electron chi connectivity index (χ0n) is 18.8. The zero-order valence-corrected chi connectivity index (χ0v) is 22.0. The highest BCUT2D eigenvalue weighted by molar-refractivity contribution is 9.10. The molecule has 0 saturated carbocycles. The molecule has 0 fully saturated rings. The second-order valence-electron chi connectivity index (χ2n) is 7.67. The van der Waals surface area contributed by atoms with E-state index < -0.39 is 15.9 Å². The largest absolute Gasteiger partial charge is 0.483 e. The van der Waals surface area contributed by atoms with Gasteiger partial charge in [-0.1, -0.05) is 23.8 Å². The van der Waals surface area contributed by atoms with Crippen molar-refractivity contribution in [2.75, 3.05) is 16.6 Å². The van der Waals surface area contributed by atoms with Crippen LogP contribution in [0.4, 0.5) is 11.4 Å². The lowest BCUT2D eigenvalue weighted by Gasteiger charge is -2.13. The van der Waals surface area contributed by atoms with Gasteiger partial charge in [0.15, 0.2) is 11.7 Å². The van der Waals surface area contributed by atoms with Crippen LogP contribution in [0.25, 0.3) is 0 Å². The highest BCUT2D eigenvalue weighted by atomic mass is 79.9. The van der Waals surface area contributed by atoms with E-state index in [-0.39, 0.29) is 16.6 Å². The molecule has 0 atom stereocenters. The van der Waals surface area contributed by atoms with Gasteiger partial charge in [0, 0.05) is 5.69 Å². The Morgan fingerprint density at radius 2 is 1.62 bits per heavy atom. The third-order valence-corrected chi connectivity index (χ3v) is 6.95. The molecule has 0 radical (unpaired) electrons. The molecule has 3 rings (SSSR count). The monoisotopic (exact) mass is 561 g/mol. The van der Waals surface area contributed by atoms with Crippen LogP contribution in [0.3, 0.4) is 0 Å². The molecule has 10 heteroatoms. The molecule has 34 heavy (non-hydrogen) atoms. The first-order valence-corrected chi connectivity index (χ1v) is 12.9.